The first-order valence-corrected chi connectivity index (χ1v) is 5.52. The number of halogens is 3. The van der Waals surface area contributed by atoms with Gasteiger partial charge in [-0.15, -0.1) is 0 Å². The van der Waals surface area contributed by atoms with E-state index in [1.165, 1.54) is 26.4 Å². The zero-order chi connectivity index (χ0) is 15.6. The topological polar surface area (TPSA) is 73.6 Å². The molecule has 1 aromatic carbocycles. The van der Waals surface area contributed by atoms with E-state index in [-0.39, 0.29) is 11.4 Å². The Bertz CT molecular complexity index is 501. The lowest BCUT2D eigenvalue weighted by atomic mass is 10.0. The SMILES string of the molecule is COc1ccc(OC)c(NC(=O)C(C)(N)C(F)(F)F)c1. The number of methoxy groups -OCH3 is 2. The first kappa shape index (κ1) is 16.1. The van der Waals surface area contributed by atoms with Crippen molar-refractivity contribution in [3.05, 3.63) is 18.2 Å². The molecule has 3 N–H and O–H groups in total. The standard InChI is InChI=1S/C12H15F3N2O3/c1-11(16,12(13,14)15)10(18)17-8-6-7(19-2)4-5-9(8)20-3/h4-6H,16H2,1-3H3,(H,17,18). The van der Waals surface area contributed by atoms with Crippen LogP contribution in [0.2, 0.25) is 0 Å². The van der Waals surface area contributed by atoms with Crippen LogP contribution in [-0.2, 0) is 4.79 Å². The van der Waals surface area contributed by atoms with Gasteiger partial charge in [-0.1, -0.05) is 0 Å². The Morgan fingerprint density at radius 2 is 1.85 bits per heavy atom. The summed E-state index contributed by atoms with van der Waals surface area (Å²) in [5.74, 6) is -0.847. The van der Waals surface area contributed by atoms with Crippen molar-refractivity contribution in [1.29, 1.82) is 0 Å². The molecular weight excluding hydrogens is 277 g/mol. The van der Waals surface area contributed by atoms with E-state index in [1.807, 2.05) is 0 Å². The van der Waals surface area contributed by atoms with Gasteiger partial charge < -0.3 is 20.5 Å². The van der Waals surface area contributed by atoms with Crippen molar-refractivity contribution < 1.29 is 27.4 Å². The van der Waals surface area contributed by atoms with Crippen LogP contribution in [-0.4, -0.2) is 31.8 Å². The van der Waals surface area contributed by atoms with Gasteiger partial charge in [0.1, 0.15) is 11.5 Å². The summed E-state index contributed by atoms with van der Waals surface area (Å²) in [5, 5.41) is 2.09. The molecule has 1 aromatic rings. The highest BCUT2D eigenvalue weighted by Gasteiger charge is 2.54. The maximum atomic E-state index is 12.7. The fourth-order valence-electron chi connectivity index (χ4n) is 1.29. The summed E-state index contributed by atoms with van der Waals surface area (Å²) in [7, 11) is 2.71. The van der Waals surface area contributed by atoms with E-state index in [2.05, 4.69) is 5.32 Å². The van der Waals surface area contributed by atoms with Crippen LogP contribution in [0.5, 0.6) is 11.5 Å². The number of amides is 1. The molecule has 20 heavy (non-hydrogen) atoms. The molecule has 0 aliphatic rings. The fraction of sp³-hybridized carbons (Fsp3) is 0.417. The first-order chi connectivity index (χ1) is 9.13. The average molecular weight is 292 g/mol. The largest absolute Gasteiger partial charge is 0.497 e. The second-order valence-corrected chi connectivity index (χ2v) is 4.22. The molecule has 8 heteroatoms. The Balaban J connectivity index is 3.07. The zero-order valence-corrected chi connectivity index (χ0v) is 11.2. The van der Waals surface area contributed by atoms with Crippen LogP contribution in [0.25, 0.3) is 0 Å². The minimum atomic E-state index is -4.87. The van der Waals surface area contributed by atoms with Gasteiger partial charge in [0.15, 0.2) is 5.54 Å². The third-order valence-corrected chi connectivity index (χ3v) is 2.72. The third kappa shape index (κ3) is 3.13. The first-order valence-electron chi connectivity index (χ1n) is 5.52. The second-order valence-electron chi connectivity index (χ2n) is 4.22. The highest BCUT2D eigenvalue weighted by molar-refractivity contribution is 5.99. The van der Waals surface area contributed by atoms with Crippen LogP contribution >= 0.6 is 0 Å². The Morgan fingerprint density at radius 1 is 1.25 bits per heavy atom. The van der Waals surface area contributed by atoms with Crippen molar-refractivity contribution in [2.45, 2.75) is 18.6 Å². The van der Waals surface area contributed by atoms with Gasteiger partial charge in [-0.05, 0) is 19.1 Å². The maximum absolute atomic E-state index is 12.7. The van der Waals surface area contributed by atoms with Crippen LogP contribution < -0.4 is 20.5 Å². The Labute approximate surface area is 113 Å². The summed E-state index contributed by atoms with van der Waals surface area (Å²) >= 11 is 0. The summed E-state index contributed by atoms with van der Waals surface area (Å²) < 4.78 is 47.9. The van der Waals surface area contributed by atoms with Crippen LogP contribution in [0.4, 0.5) is 18.9 Å². The molecule has 1 amide bonds. The smallest absolute Gasteiger partial charge is 0.415 e. The number of carbonyl (C=O) groups excluding carboxylic acids is 1. The number of hydrogen-bond donors (Lipinski definition) is 2. The molecule has 0 heterocycles. The molecule has 5 nitrogen and oxygen atoms in total. The number of ether oxygens (including phenoxy) is 2. The van der Waals surface area contributed by atoms with E-state index in [0.29, 0.717) is 12.7 Å². The molecule has 0 bridgehead atoms. The van der Waals surface area contributed by atoms with Crippen LogP contribution in [0.15, 0.2) is 18.2 Å². The Hall–Kier alpha value is -1.96. The summed E-state index contributed by atoms with van der Waals surface area (Å²) in [5.41, 5.74) is 2.06. The van der Waals surface area contributed by atoms with Gasteiger partial charge in [-0.2, -0.15) is 13.2 Å². The average Bonchev–Trinajstić information content (AvgIpc) is 2.37. The lowest BCUT2D eigenvalue weighted by molar-refractivity contribution is -0.184. The second kappa shape index (κ2) is 5.58. The molecule has 112 valence electrons. The minimum absolute atomic E-state index is 0.0396. The van der Waals surface area contributed by atoms with Gasteiger partial charge in [0.05, 0.1) is 19.9 Å². The van der Waals surface area contributed by atoms with E-state index in [1.54, 1.807) is 6.07 Å². The normalized spacial score (nSPS) is 14.3. The van der Waals surface area contributed by atoms with Gasteiger partial charge in [0.2, 0.25) is 0 Å². The van der Waals surface area contributed by atoms with Crippen molar-refractivity contribution in [1.82, 2.24) is 0 Å². The molecule has 0 spiro atoms. The lowest BCUT2D eigenvalue weighted by Gasteiger charge is -2.26. The van der Waals surface area contributed by atoms with Gasteiger partial charge >= 0.3 is 6.18 Å². The number of benzene rings is 1. The minimum Gasteiger partial charge on any atom is -0.497 e. The van der Waals surface area contributed by atoms with E-state index in [4.69, 9.17) is 15.2 Å². The predicted molar refractivity (Wildman–Crippen MR) is 66.8 cm³/mol. The van der Waals surface area contributed by atoms with Gasteiger partial charge in [0.25, 0.3) is 5.91 Å². The third-order valence-electron chi connectivity index (χ3n) is 2.72. The summed E-state index contributed by atoms with van der Waals surface area (Å²) in [6.45, 7) is 0.592. The molecule has 0 aromatic heterocycles. The Morgan fingerprint density at radius 3 is 2.30 bits per heavy atom. The quantitative estimate of drug-likeness (QED) is 0.889. The number of nitrogens with two attached hydrogens (primary N) is 1. The fourth-order valence-corrected chi connectivity index (χ4v) is 1.29. The molecule has 0 aliphatic carbocycles. The molecule has 0 radical (unpaired) electrons. The van der Waals surface area contributed by atoms with Crippen molar-refractivity contribution >= 4 is 11.6 Å². The monoisotopic (exact) mass is 292 g/mol. The Kier molecular flexibility index (Phi) is 4.49. The van der Waals surface area contributed by atoms with Crippen molar-refractivity contribution in [2.24, 2.45) is 5.73 Å². The van der Waals surface area contributed by atoms with E-state index < -0.39 is 17.6 Å². The summed E-state index contributed by atoms with van der Waals surface area (Å²) in [6.07, 6.45) is -4.87. The molecule has 0 saturated heterocycles. The predicted octanol–water partition coefficient (Wildman–Crippen LogP) is 1.92. The van der Waals surface area contributed by atoms with E-state index in [0.717, 1.165) is 0 Å². The maximum Gasteiger partial charge on any atom is 0.415 e. The van der Waals surface area contributed by atoms with E-state index in [9.17, 15) is 18.0 Å². The number of anilines is 1. The number of carbonyl (C=O) groups is 1. The van der Waals surface area contributed by atoms with E-state index >= 15 is 0 Å². The molecule has 0 saturated carbocycles. The van der Waals surface area contributed by atoms with Crippen molar-refractivity contribution in [3.8, 4) is 11.5 Å². The van der Waals surface area contributed by atoms with Crippen molar-refractivity contribution in [2.75, 3.05) is 19.5 Å². The van der Waals surface area contributed by atoms with Gasteiger partial charge in [-0.3, -0.25) is 4.79 Å². The highest BCUT2D eigenvalue weighted by Crippen LogP contribution is 2.32. The lowest BCUT2D eigenvalue weighted by Crippen LogP contribution is -2.59. The van der Waals surface area contributed by atoms with Gasteiger partial charge in [-0.25, -0.2) is 0 Å². The molecular formula is C12H15F3N2O3. The molecule has 0 fully saturated rings. The molecule has 1 atom stereocenters. The molecule has 1 unspecified atom stereocenters. The summed E-state index contributed by atoms with van der Waals surface area (Å²) in [4.78, 5) is 11.7. The zero-order valence-electron chi connectivity index (χ0n) is 11.2. The number of alkyl halides is 3. The van der Waals surface area contributed by atoms with Gasteiger partial charge in [0, 0.05) is 6.07 Å². The summed E-state index contributed by atoms with van der Waals surface area (Å²) in [6, 6.07) is 4.33. The molecule has 1 rings (SSSR count). The molecule has 0 aliphatic heterocycles. The van der Waals surface area contributed by atoms with Crippen LogP contribution in [0.3, 0.4) is 0 Å². The highest BCUT2D eigenvalue weighted by atomic mass is 19.4. The van der Waals surface area contributed by atoms with Crippen LogP contribution in [0, 0.1) is 0 Å². The van der Waals surface area contributed by atoms with Crippen LogP contribution in [0.1, 0.15) is 6.92 Å². The van der Waals surface area contributed by atoms with Crippen molar-refractivity contribution in [3.63, 3.8) is 0 Å². The number of nitrogens with one attached hydrogen (secondary N) is 1. The number of rotatable bonds is 4. The number of hydrogen-bond acceptors (Lipinski definition) is 4.